The van der Waals surface area contributed by atoms with E-state index in [1.807, 2.05) is 18.2 Å². The van der Waals surface area contributed by atoms with Crippen molar-refractivity contribution in [2.75, 3.05) is 11.9 Å². The molecule has 0 radical (unpaired) electrons. The second kappa shape index (κ2) is 4.35. The molecule has 0 aromatic heterocycles. The molecule has 0 aliphatic rings. The summed E-state index contributed by atoms with van der Waals surface area (Å²) in [5.41, 5.74) is 0.735. The number of hydrogen-bond donors (Lipinski definition) is 0. The molecule has 0 saturated heterocycles. The number of carbonyl (C=O) groups is 1. The first-order valence-electron chi connectivity index (χ1n) is 3.57. The molecule has 0 spiro atoms. The number of urea groups is 1. The van der Waals surface area contributed by atoms with E-state index < -0.39 is 6.03 Å². The first kappa shape index (κ1) is 10.2. The highest BCUT2D eigenvalue weighted by molar-refractivity contribution is 6.42. The Bertz CT molecular complexity index is 289. The number of amides is 2. The Morgan fingerprint density at radius 2 is 1.77 bits per heavy atom. The SMILES string of the molecule is CN(C(=O)N(Cl)Cl)c1ccccc1. The van der Waals surface area contributed by atoms with E-state index in [1.165, 1.54) is 4.90 Å². The molecule has 1 rings (SSSR count). The molecular weight excluding hydrogens is 211 g/mol. The van der Waals surface area contributed by atoms with Crippen molar-refractivity contribution in [1.82, 2.24) is 3.94 Å². The molecule has 0 atom stereocenters. The number of benzene rings is 1. The quantitative estimate of drug-likeness (QED) is 0.666. The zero-order valence-electron chi connectivity index (χ0n) is 6.95. The second-order valence-electron chi connectivity index (χ2n) is 2.41. The fourth-order valence-electron chi connectivity index (χ4n) is 0.875. The monoisotopic (exact) mass is 218 g/mol. The van der Waals surface area contributed by atoms with Gasteiger partial charge in [-0.2, -0.15) is 0 Å². The first-order chi connectivity index (χ1) is 6.13. The maximum atomic E-state index is 11.2. The predicted octanol–water partition coefficient (Wildman–Crippen LogP) is 2.85. The van der Waals surface area contributed by atoms with Crippen LogP contribution in [-0.4, -0.2) is 17.0 Å². The zero-order valence-corrected chi connectivity index (χ0v) is 8.46. The van der Waals surface area contributed by atoms with Crippen molar-refractivity contribution in [1.29, 1.82) is 0 Å². The minimum Gasteiger partial charge on any atom is -0.295 e. The minimum absolute atomic E-state index is 0.491. The number of anilines is 1. The van der Waals surface area contributed by atoms with E-state index in [1.54, 1.807) is 19.2 Å². The fourth-order valence-corrected chi connectivity index (χ4v) is 1.10. The largest absolute Gasteiger partial charge is 0.354 e. The van der Waals surface area contributed by atoms with Crippen LogP contribution in [0.4, 0.5) is 10.5 Å². The molecule has 1 aromatic carbocycles. The summed E-state index contributed by atoms with van der Waals surface area (Å²) in [7, 11) is 1.59. The molecule has 5 heteroatoms. The summed E-state index contributed by atoms with van der Waals surface area (Å²) in [4.78, 5) is 12.6. The van der Waals surface area contributed by atoms with Gasteiger partial charge in [0.1, 0.15) is 0 Å². The normalized spacial score (nSPS) is 9.46. The third kappa shape index (κ3) is 2.50. The van der Waals surface area contributed by atoms with Gasteiger partial charge in [0, 0.05) is 36.3 Å². The van der Waals surface area contributed by atoms with Gasteiger partial charge in [0.25, 0.3) is 0 Å². The Labute approximate surface area is 86.7 Å². The number of halogens is 2. The maximum Gasteiger partial charge on any atom is 0.354 e. The molecule has 0 N–H and O–H groups in total. The lowest BCUT2D eigenvalue weighted by Crippen LogP contribution is -2.30. The summed E-state index contributed by atoms with van der Waals surface area (Å²) >= 11 is 10.6. The van der Waals surface area contributed by atoms with Gasteiger partial charge < -0.3 is 0 Å². The van der Waals surface area contributed by atoms with Crippen LogP contribution < -0.4 is 4.90 Å². The van der Waals surface area contributed by atoms with Gasteiger partial charge in [0.2, 0.25) is 0 Å². The van der Waals surface area contributed by atoms with Gasteiger partial charge in [-0.25, -0.2) is 4.79 Å². The van der Waals surface area contributed by atoms with Crippen LogP contribution in [-0.2, 0) is 0 Å². The van der Waals surface area contributed by atoms with E-state index in [0.717, 1.165) is 5.69 Å². The van der Waals surface area contributed by atoms with Crippen molar-refractivity contribution in [3.05, 3.63) is 30.3 Å². The fraction of sp³-hybridized carbons (Fsp3) is 0.125. The summed E-state index contributed by atoms with van der Waals surface area (Å²) < 4.78 is 0.493. The smallest absolute Gasteiger partial charge is 0.295 e. The zero-order chi connectivity index (χ0) is 9.84. The molecule has 0 aliphatic carbocycles. The molecule has 2 amide bonds. The van der Waals surface area contributed by atoms with Crippen LogP contribution in [0.25, 0.3) is 0 Å². The number of nitrogens with zero attached hydrogens (tertiary/aromatic N) is 2. The number of rotatable bonds is 1. The van der Waals surface area contributed by atoms with Gasteiger partial charge in [-0.1, -0.05) is 18.2 Å². The summed E-state index contributed by atoms with van der Waals surface area (Å²) in [5.74, 6) is 0. The number of para-hydroxylation sites is 1. The van der Waals surface area contributed by atoms with Crippen LogP contribution in [0.15, 0.2) is 30.3 Å². The molecular formula is C8H8Cl2N2O. The van der Waals surface area contributed by atoms with E-state index in [-0.39, 0.29) is 0 Å². The van der Waals surface area contributed by atoms with Crippen molar-refractivity contribution in [2.24, 2.45) is 0 Å². The minimum atomic E-state index is -0.491. The van der Waals surface area contributed by atoms with E-state index in [4.69, 9.17) is 23.6 Å². The van der Waals surface area contributed by atoms with E-state index in [0.29, 0.717) is 3.94 Å². The summed E-state index contributed by atoms with van der Waals surface area (Å²) in [6.07, 6.45) is 0. The second-order valence-corrected chi connectivity index (χ2v) is 3.26. The maximum absolute atomic E-state index is 11.2. The molecule has 0 saturated carbocycles. The highest BCUT2D eigenvalue weighted by Crippen LogP contribution is 2.14. The van der Waals surface area contributed by atoms with Crippen molar-refractivity contribution in [2.45, 2.75) is 0 Å². The molecule has 70 valence electrons. The Hall–Kier alpha value is -0.930. The van der Waals surface area contributed by atoms with Crippen LogP contribution in [0.1, 0.15) is 0 Å². The van der Waals surface area contributed by atoms with Crippen molar-refractivity contribution < 1.29 is 4.79 Å². The Balaban J connectivity index is 2.80. The van der Waals surface area contributed by atoms with Crippen molar-refractivity contribution in [3.63, 3.8) is 0 Å². The van der Waals surface area contributed by atoms with Gasteiger partial charge in [-0.3, -0.25) is 4.90 Å². The van der Waals surface area contributed by atoms with Gasteiger partial charge in [-0.15, -0.1) is 3.94 Å². The summed E-state index contributed by atoms with van der Waals surface area (Å²) in [5, 5.41) is 0. The molecule has 0 unspecified atom stereocenters. The topological polar surface area (TPSA) is 23.6 Å². The van der Waals surface area contributed by atoms with E-state index >= 15 is 0 Å². The summed E-state index contributed by atoms with van der Waals surface area (Å²) in [6, 6.07) is 8.60. The van der Waals surface area contributed by atoms with E-state index in [2.05, 4.69) is 0 Å². The molecule has 0 heterocycles. The lowest BCUT2D eigenvalue weighted by Gasteiger charge is -2.17. The number of carbonyl (C=O) groups excluding carboxylic acids is 1. The van der Waals surface area contributed by atoms with Crippen LogP contribution in [0, 0.1) is 0 Å². The average Bonchev–Trinajstić information content (AvgIpc) is 2.17. The van der Waals surface area contributed by atoms with Crippen LogP contribution >= 0.6 is 23.6 Å². The molecule has 1 aromatic rings. The van der Waals surface area contributed by atoms with Crippen LogP contribution in [0.5, 0.6) is 0 Å². The predicted molar refractivity (Wildman–Crippen MR) is 53.8 cm³/mol. The van der Waals surface area contributed by atoms with Crippen molar-refractivity contribution in [3.8, 4) is 0 Å². The first-order valence-corrected chi connectivity index (χ1v) is 4.25. The highest BCUT2D eigenvalue weighted by Gasteiger charge is 2.15. The third-order valence-corrected chi connectivity index (χ3v) is 1.86. The number of hydrogen-bond acceptors (Lipinski definition) is 1. The molecule has 0 fully saturated rings. The average molecular weight is 219 g/mol. The lowest BCUT2D eigenvalue weighted by atomic mass is 10.3. The Morgan fingerprint density at radius 1 is 1.23 bits per heavy atom. The van der Waals surface area contributed by atoms with Gasteiger partial charge in [0.05, 0.1) is 0 Å². The standard InChI is InChI=1S/C8H8Cl2N2O/c1-11(8(13)12(9)10)7-5-3-2-4-6-7/h2-6H,1H3. The molecule has 0 bridgehead atoms. The molecule has 13 heavy (non-hydrogen) atoms. The van der Waals surface area contributed by atoms with Crippen LogP contribution in [0.3, 0.4) is 0 Å². The Morgan fingerprint density at radius 3 is 2.23 bits per heavy atom. The van der Waals surface area contributed by atoms with Gasteiger partial charge in [0.15, 0.2) is 0 Å². The molecule has 3 nitrogen and oxygen atoms in total. The third-order valence-electron chi connectivity index (χ3n) is 1.58. The van der Waals surface area contributed by atoms with E-state index in [9.17, 15) is 4.79 Å². The molecule has 0 aliphatic heterocycles. The van der Waals surface area contributed by atoms with Crippen LogP contribution in [0.2, 0.25) is 0 Å². The lowest BCUT2D eigenvalue weighted by molar-refractivity contribution is 0.243. The van der Waals surface area contributed by atoms with Gasteiger partial charge in [-0.05, 0) is 12.1 Å². The Kier molecular flexibility index (Phi) is 3.39. The highest BCUT2D eigenvalue weighted by atomic mass is 35.5. The summed E-state index contributed by atoms with van der Waals surface area (Å²) in [6.45, 7) is 0. The van der Waals surface area contributed by atoms with Gasteiger partial charge >= 0.3 is 6.03 Å². The van der Waals surface area contributed by atoms with Crippen molar-refractivity contribution >= 4 is 35.3 Å².